The van der Waals surface area contributed by atoms with E-state index in [1.54, 1.807) is 48.4 Å². The summed E-state index contributed by atoms with van der Waals surface area (Å²) >= 11 is 12.0. The molecular weight excluding hydrogens is 441 g/mol. The van der Waals surface area contributed by atoms with Gasteiger partial charge < -0.3 is 15.1 Å². The summed E-state index contributed by atoms with van der Waals surface area (Å²) in [5, 5.41) is 10.9. The quantitative estimate of drug-likeness (QED) is 0.447. The molecule has 0 aliphatic heterocycles. The van der Waals surface area contributed by atoms with Crippen LogP contribution in [0, 0.1) is 6.92 Å². The zero-order valence-corrected chi connectivity index (χ0v) is 18.1. The first-order chi connectivity index (χ1) is 14.9. The highest BCUT2D eigenvalue weighted by Gasteiger charge is 2.17. The number of nitrogens with zero attached hydrogens (tertiary/aromatic N) is 5. The molecule has 0 radical (unpaired) electrons. The van der Waals surface area contributed by atoms with Gasteiger partial charge in [-0.3, -0.25) is 9.48 Å². The number of aryl methyl sites for hydroxylation is 2. The molecule has 1 amide bonds. The second-order valence-electron chi connectivity index (χ2n) is 6.69. The van der Waals surface area contributed by atoms with Crippen LogP contribution in [-0.4, -0.2) is 30.6 Å². The number of hydrogen-bond donors (Lipinski definition) is 2. The summed E-state index contributed by atoms with van der Waals surface area (Å²) in [6, 6.07) is 6.86. The average molecular weight is 458 g/mol. The van der Waals surface area contributed by atoms with Crippen molar-refractivity contribution in [1.82, 2.24) is 30.0 Å². The number of carbonyl (C=O) groups excluding carboxylic acids is 1. The van der Waals surface area contributed by atoms with Gasteiger partial charge in [-0.15, -0.1) is 0 Å². The van der Waals surface area contributed by atoms with E-state index in [4.69, 9.17) is 27.6 Å². The second-order valence-corrected chi connectivity index (χ2v) is 7.56. The Morgan fingerprint density at radius 2 is 1.97 bits per heavy atom. The summed E-state index contributed by atoms with van der Waals surface area (Å²) in [6.07, 6.45) is 4.71. The number of halogens is 2. The summed E-state index contributed by atoms with van der Waals surface area (Å²) in [5.74, 6) is 0.553. The van der Waals surface area contributed by atoms with Crippen LogP contribution < -0.4 is 10.6 Å². The molecule has 9 nitrogen and oxygen atoms in total. The summed E-state index contributed by atoms with van der Waals surface area (Å²) in [7, 11) is 1.80. The molecule has 11 heteroatoms. The standard InChI is InChI=1S/C20H17Cl2N7O2/c1-11-8-24-20(27-16-3-4-25-29(16)2)28-17(11)15-10-31-19(26-15)18(30)23-9-12-5-13(21)7-14(22)6-12/h3-8,10H,9H2,1-2H3,(H,23,30)(H,24,27,28). The van der Waals surface area contributed by atoms with Crippen molar-refractivity contribution in [2.75, 3.05) is 5.32 Å². The Labute approximate surface area is 187 Å². The molecular formula is C20H17Cl2N7O2. The maximum Gasteiger partial charge on any atom is 0.307 e. The Hall–Kier alpha value is -3.43. The topological polar surface area (TPSA) is 111 Å². The van der Waals surface area contributed by atoms with Crippen LogP contribution in [0.15, 0.2) is 47.3 Å². The molecule has 4 aromatic rings. The minimum atomic E-state index is -0.470. The molecule has 0 atom stereocenters. The minimum absolute atomic E-state index is 0.0812. The number of anilines is 2. The van der Waals surface area contributed by atoms with E-state index in [2.05, 4.69) is 30.7 Å². The van der Waals surface area contributed by atoms with E-state index < -0.39 is 5.91 Å². The summed E-state index contributed by atoms with van der Waals surface area (Å²) in [4.78, 5) is 25.5. The fourth-order valence-electron chi connectivity index (χ4n) is 2.83. The number of aromatic nitrogens is 5. The lowest BCUT2D eigenvalue weighted by Gasteiger charge is -2.07. The largest absolute Gasteiger partial charge is 0.440 e. The highest BCUT2D eigenvalue weighted by molar-refractivity contribution is 6.34. The van der Waals surface area contributed by atoms with E-state index in [0.29, 0.717) is 27.4 Å². The fourth-order valence-corrected chi connectivity index (χ4v) is 3.40. The van der Waals surface area contributed by atoms with Gasteiger partial charge in [0.25, 0.3) is 5.89 Å². The number of oxazole rings is 1. The van der Waals surface area contributed by atoms with Gasteiger partial charge >= 0.3 is 5.91 Å². The van der Waals surface area contributed by atoms with Crippen molar-refractivity contribution < 1.29 is 9.21 Å². The molecule has 0 spiro atoms. The van der Waals surface area contributed by atoms with Crippen LogP contribution in [0.4, 0.5) is 11.8 Å². The smallest absolute Gasteiger partial charge is 0.307 e. The number of amides is 1. The molecule has 0 bridgehead atoms. The third-order valence-corrected chi connectivity index (χ3v) is 4.79. The van der Waals surface area contributed by atoms with Crippen LogP contribution in [0.1, 0.15) is 21.8 Å². The van der Waals surface area contributed by atoms with Crippen LogP contribution in [0.3, 0.4) is 0 Å². The maximum atomic E-state index is 12.4. The van der Waals surface area contributed by atoms with Crippen LogP contribution in [0.25, 0.3) is 11.4 Å². The lowest BCUT2D eigenvalue weighted by molar-refractivity contribution is 0.0916. The van der Waals surface area contributed by atoms with Crippen molar-refractivity contribution >= 4 is 40.9 Å². The van der Waals surface area contributed by atoms with Crippen LogP contribution in [-0.2, 0) is 13.6 Å². The van der Waals surface area contributed by atoms with Gasteiger partial charge in [0.1, 0.15) is 23.5 Å². The number of hydrogen-bond acceptors (Lipinski definition) is 7. The molecule has 3 heterocycles. The second kappa shape index (κ2) is 8.75. The maximum absolute atomic E-state index is 12.4. The van der Waals surface area contributed by atoms with Crippen LogP contribution >= 0.6 is 23.2 Å². The molecule has 0 aliphatic carbocycles. The van der Waals surface area contributed by atoms with Crippen molar-refractivity contribution in [1.29, 1.82) is 0 Å². The molecule has 2 N–H and O–H groups in total. The van der Waals surface area contributed by atoms with Gasteiger partial charge in [-0.2, -0.15) is 5.10 Å². The third-order valence-electron chi connectivity index (χ3n) is 4.35. The zero-order chi connectivity index (χ0) is 22.0. The highest BCUT2D eigenvalue weighted by atomic mass is 35.5. The predicted molar refractivity (Wildman–Crippen MR) is 116 cm³/mol. The lowest BCUT2D eigenvalue weighted by atomic mass is 10.2. The van der Waals surface area contributed by atoms with E-state index in [1.807, 2.05) is 6.92 Å². The molecule has 3 aromatic heterocycles. The van der Waals surface area contributed by atoms with Crippen molar-refractivity contribution in [3.8, 4) is 11.4 Å². The highest BCUT2D eigenvalue weighted by Crippen LogP contribution is 2.23. The average Bonchev–Trinajstić information content (AvgIpc) is 3.36. The van der Waals surface area contributed by atoms with Crippen molar-refractivity contribution in [3.05, 3.63) is 70.0 Å². The normalized spacial score (nSPS) is 10.8. The molecule has 0 saturated carbocycles. The molecule has 4 rings (SSSR count). The Bertz CT molecular complexity index is 1230. The van der Waals surface area contributed by atoms with Gasteiger partial charge in [-0.1, -0.05) is 23.2 Å². The Morgan fingerprint density at radius 3 is 2.68 bits per heavy atom. The first kappa shape index (κ1) is 20.8. The summed E-state index contributed by atoms with van der Waals surface area (Å²) in [5.41, 5.74) is 2.51. The Balaban J connectivity index is 1.49. The summed E-state index contributed by atoms with van der Waals surface area (Å²) < 4.78 is 7.03. The monoisotopic (exact) mass is 457 g/mol. The van der Waals surface area contributed by atoms with E-state index in [-0.39, 0.29) is 12.4 Å². The van der Waals surface area contributed by atoms with E-state index in [1.165, 1.54) is 6.26 Å². The van der Waals surface area contributed by atoms with E-state index in [9.17, 15) is 4.79 Å². The van der Waals surface area contributed by atoms with E-state index in [0.717, 1.165) is 16.9 Å². The van der Waals surface area contributed by atoms with Crippen LogP contribution in [0.5, 0.6) is 0 Å². The SMILES string of the molecule is Cc1cnc(Nc2ccnn2C)nc1-c1coc(C(=O)NCc2cc(Cl)cc(Cl)c2)n1. The Kier molecular flexibility index (Phi) is 5.88. The number of rotatable bonds is 6. The molecule has 0 fully saturated rings. The third kappa shape index (κ3) is 4.84. The van der Waals surface area contributed by atoms with Gasteiger partial charge in [-0.05, 0) is 36.2 Å². The molecule has 0 saturated heterocycles. The molecule has 31 heavy (non-hydrogen) atoms. The number of carbonyl (C=O) groups is 1. The molecule has 1 aromatic carbocycles. The predicted octanol–water partition coefficient (Wildman–Crippen LogP) is 4.15. The van der Waals surface area contributed by atoms with Crippen LogP contribution in [0.2, 0.25) is 10.0 Å². The van der Waals surface area contributed by atoms with Gasteiger partial charge in [0.15, 0.2) is 0 Å². The molecule has 158 valence electrons. The fraction of sp³-hybridized carbons (Fsp3) is 0.150. The molecule has 0 aliphatic rings. The summed E-state index contributed by atoms with van der Waals surface area (Å²) in [6.45, 7) is 2.07. The lowest BCUT2D eigenvalue weighted by Crippen LogP contribution is -2.23. The number of nitrogens with one attached hydrogen (secondary N) is 2. The van der Waals surface area contributed by atoms with Gasteiger partial charge in [-0.25, -0.2) is 15.0 Å². The van der Waals surface area contributed by atoms with Crippen molar-refractivity contribution in [2.45, 2.75) is 13.5 Å². The zero-order valence-electron chi connectivity index (χ0n) is 16.6. The minimum Gasteiger partial charge on any atom is -0.440 e. The van der Waals surface area contributed by atoms with Crippen molar-refractivity contribution in [3.63, 3.8) is 0 Å². The van der Waals surface area contributed by atoms with Gasteiger partial charge in [0.2, 0.25) is 5.95 Å². The molecule has 0 unspecified atom stereocenters. The van der Waals surface area contributed by atoms with E-state index >= 15 is 0 Å². The first-order valence-electron chi connectivity index (χ1n) is 9.17. The Morgan fingerprint density at radius 1 is 1.19 bits per heavy atom. The van der Waals surface area contributed by atoms with Gasteiger partial charge in [0, 0.05) is 35.9 Å². The number of benzene rings is 1. The first-order valence-corrected chi connectivity index (χ1v) is 9.92. The van der Waals surface area contributed by atoms with Crippen molar-refractivity contribution in [2.24, 2.45) is 7.05 Å². The van der Waals surface area contributed by atoms with Gasteiger partial charge in [0.05, 0.1) is 6.20 Å².